The summed E-state index contributed by atoms with van der Waals surface area (Å²) in [5.41, 5.74) is 5.37. The number of allylic oxidation sites excluding steroid dienone is 3. The molecule has 0 aromatic rings. The molecule has 0 heterocycles. The van der Waals surface area contributed by atoms with E-state index in [-0.39, 0.29) is 38.8 Å². The van der Waals surface area contributed by atoms with Crippen molar-refractivity contribution in [2.75, 3.05) is 26.4 Å². The monoisotopic (exact) mass is 814 g/mol. The van der Waals surface area contributed by atoms with Gasteiger partial charge in [0.05, 0.1) is 19.5 Å². The first-order valence-corrected chi connectivity index (χ1v) is 25.4. The highest BCUT2D eigenvalue weighted by molar-refractivity contribution is 7.47. The minimum Gasteiger partial charge on any atom is -0.498 e. The number of phosphoric acid groups is 1. The summed E-state index contributed by atoms with van der Waals surface area (Å²) in [5.74, 6) is -0.379. The van der Waals surface area contributed by atoms with Crippen LogP contribution in [0.2, 0.25) is 0 Å². The van der Waals surface area contributed by atoms with Crippen LogP contribution in [0.4, 0.5) is 0 Å². The maximum absolute atomic E-state index is 12.6. The molecule has 0 aromatic heterocycles. The summed E-state index contributed by atoms with van der Waals surface area (Å²) in [7, 11) is -4.30. The molecule has 9 heteroatoms. The first-order valence-electron chi connectivity index (χ1n) is 23.9. The summed E-state index contributed by atoms with van der Waals surface area (Å²) < 4.78 is 33.2. The molecule has 0 amide bonds. The molecule has 3 N–H and O–H groups in total. The predicted octanol–water partition coefficient (Wildman–Crippen LogP) is 14.8. The summed E-state index contributed by atoms with van der Waals surface area (Å²) in [6.07, 6.45) is 51.7. The third-order valence-electron chi connectivity index (χ3n) is 10.4. The molecule has 0 bridgehead atoms. The lowest BCUT2D eigenvalue weighted by molar-refractivity contribution is -0.153. The van der Waals surface area contributed by atoms with Crippen molar-refractivity contribution in [3.63, 3.8) is 0 Å². The smallest absolute Gasteiger partial charge is 0.472 e. The zero-order valence-electron chi connectivity index (χ0n) is 36.9. The van der Waals surface area contributed by atoms with E-state index in [1.807, 2.05) is 6.08 Å². The van der Waals surface area contributed by atoms with Crippen LogP contribution in [0.25, 0.3) is 0 Å². The first-order chi connectivity index (χ1) is 27.4. The fourth-order valence-corrected chi connectivity index (χ4v) is 7.67. The molecule has 0 aromatic carbocycles. The second kappa shape index (κ2) is 44.9. The Morgan fingerprint density at radius 3 is 1.32 bits per heavy atom. The Morgan fingerprint density at radius 2 is 0.911 bits per heavy atom. The van der Waals surface area contributed by atoms with Gasteiger partial charge in [-0.1, -0.05) is 206 Å². The molecule has 56 heavy (non-hydrogen) atoms. The van der Waals surface area contributed by atoms with Crippen molar-refractivity contribution in [3.8, 4) is 0 Å². The van der Waals surface area contributed by atoms with Crippen LogP contribution < -0.4 is 5.73 Å². The van der Waals surface area contributed by atoms with Crippen molar-refractivity contribution >= 4 is 13.8 Å². The van der Waals surface area contributed by atoms with Crippen molar-refractivity contribution in [1.82, 2.24) is 0 Å². The van der Waals surface area contributed by atoms with Crippen molar-refractivity contribution in [1.29, 1.82) is 0 Å². The van der Waals surface area contributed by atoms with Gasteiger partial charge in [0.2, 0.25) is 0 Å². The van der Waals surface area contributed by atoms with E-state index >= 15 is 0 Å². The van der Waals surface area contributed by atoms with Crippen LogP contribution in [-0.2, 0) is 27.9 Å². The van der Waals surface area contributed by atoms with Crippen molar-refractivity contribution in [2.45, 2.75) is 245 Å². The van der Waals surface area contributed by atoms with E-state index < -0.39 is 13.9 Å². The molecule has 0 aliphatic carbocycles. The molecule has 332 valence electrons. The molecule has 0 aliphatic rings. The third-order valence-corrected chi connectivity index (χ3v) is 11.4. The van der Waals surface area contributed by atoms with Crippen molar-refractivity contribution < 1.29 is 32.8 Å². The minimum absolute atomic E-state index is 0.0247. The number of ether oxygens (including phenoxy) is 2. The number of hydrogen-bond acceptors (Lipinski definition) is 7. The fourth-order valence-electron chi connectivity index (χ4n) is 6.91. The molecule has 0 rings (SSSR count). The third kappa shape index (κ3) is 43.9. The Morgan fingerprint density at radius 1 is 0.536 bits per heavy atom. The van der Waals surface area contributed by atoms with E-state index in [0.29, 0.717) is 6.42 Å². The molecule has 0 aliphatic heterocycles. The SMILES string of the molecule is CCCCCCCCCCCCCC/C=C/OC[C@H](COP(=O)(O)OCCN)OC(=O)CCC/C=C/CCCCCCCCCCCCCCCCCCCC. The molecule has 8 nitrogen and oxygen atoms in total. The standard InChI is InChI=1S/C47H92NO7P/c1-3-5-7-9-11-13-15-17-19-20-21-22-23-24-25-26-27-28-30-32-34-36-38-40-47(49)55-46(45-54-56(50,51)53-43-41-48)44-52-42-39-37-35-33-31-29-18-16-14-12-10-8-6-4-2/h32,34,39,42,46H,3-31,33,35-38,40-41,43-45,48H2,1-2H3,(H,50,51)/b34-32+,42-39+/t46-/m1/s1. The van der Waals surface area contributed by atoms with Crippen LogP contribution in [0.15, 0.2) is 24.5 Å². The first kappa shape index (κ1) is 54.8. The molecule has 0 fully saturated rings. The van der Waals surface area contributed by atoms with Gasteiger partial charge in [0.15, 0.2) is 6.10 Å². The van der Waals surface area contributed by atoms with Gasteiger partial charge in [0.25, 0.3) is 0 Å². The quantitative estimate of drug-likeness (QED) is 0.0205. The summed E-state index contributed by atoms with van der Waals surface area (Å²) >= 11 is 0. The summed E-state index contributed by atoms with van der Waals surface area (Å²) in [6.45, 7) is 4.25. The van der Waals surface area contributed by atoms with Gasteiger partial charge in [0.1, 0.15) is 6.61 Å². The Kier molecular flexibility index (Phi) is 44.0. The highest BCUT2D eigenvalue weighted by atomic mass is 31.2. The van der Waals surface area contributed by atoms with E-state index in [1.54, 1.807) is 6.26 Å². The van der Waals surface area contributed by atoms with Gasteiger partial charge >= 0.3 is 13.8 Å². The van der Waals surface area contributed by atoms with Crippen LogP contribution in [0.1, 0.15) is 239 Å². The van der Waals surface area contributed by atoms with Crippen molar-refractivity contribution in [2.24, 2.45) is 5.73 Å². The second-order valence-corrected chi connectivity index (χ2v) is 17.5. The van der Waals surface area contributed by atoms with Gasteiger partial charge < -0.3 is 20.1 Å². The van der Waals surface area contributed by atoms with E-state index in [0.717, 1.165) is 25.7 Å². The second-order valence-electron chi connectivity index (χ2n) is 16.0. The van der Waals surface area contributed by atoms with Crippen LogP contribution in [0, 0.1) is 0 Å². The number of unbranched alkanes of at least 4 members (excludes halogenated alkanes) is 31. The number of esters is 1. The summed E-state index contributed by atoms with van der Waals surface area (Å²) in [4.78, 5) is 22.5. The Labute approximate surface area is 346 Å². The number of carbonyl (C=O) groups excluding carboxylic acids is 1. The normalized spacial score (nSPS) is 13.5. The average Bonchev–Trinajstić information content (AvgIpc) is 3.19. The van der Waals surface area contributed by atoms with E-state index in [1.165, 1.54) is 186 Å². The molecule has 1 unspecified atom stereocenters. The van der Waals surface area contributed by atoms with Crippen molar-refractivity contribution in [3.05, 3.63) is 24.5 Å². The van der Waals surface area contributed by atoms with Gasteiger partial charge in [-0.3, -0.25) is 13.8 Å². The molecular weight excluding hydrogens is 721 g/mol. The lowest BCUT2D eigenvalue weighted by Crippen LogP contribution is -2.27. The van der Waals surface area contributed by atoms with E-state index in [4.69, 9.17) is 24.3 Å². The maximum Gasteiger partial charge on any atom is 0.472 e. The van der Waals surface area contributed by atoms with Crippen LogP contribution >= 0.6 is 7.82 Å². The molecule has 0 saturated carbocycles. The Hall–Kier alpha value is -1.18. The predicted molar refractivity (Wildman–Crippen MR) is 238 cm³/mol. The number of rotatable bonds is 46. The minimum atomic E-state index is -4.30. The molecule has 0 saturated heterocycles. The molecule has 2 atom stereocenters. The Balaban J connectivity index is 3.98. The summed E-state index contributed by atoms with van der Waals surface area (Å²) in [5, 5.41) is 0. The van der Waals surface area contributed by atoms with Gasteiger partial charge in [-0.05, 0) is 44.6 Å². The number of carbonyl (C=O) groups is 1. The van der Waals surface area contributed by atoms with Crippen LogP contribution in [0.5, 0.6) is 0 Å². The lowest BCUT2D eigenvalue weighted by atomic mass is 10.0. The molecule has 0 spiro atoms. The maximum atomic E-state index is 12.6. The average molecular weight is 814 g/mol. The fraction of sp³-hybridized carbons (Fsp3) is 0.894. The van der Waals surface area contributed by atoms with Gasteiger partial charge in [0, 0.05) is 13.0 Å². The topological polar surface area (TPSA) is 117 Å². The lowest BCUT2D eigenvalue weighted by Gasteiger charge is -2.19. The van der Waals surface area contributed by atoms with Gasteiger partial charge in [-0.15, -0.1) is 0 Å². The highest BCUT2D eigenvalue weighted by Gasteiger charge is 2.25. The number of phosphoric ester groups is 1. The van der Waals surface area contributed by atoms with E-state index in [9.17, 15) is 14.3 Å². The van der Waals surface area contributed by atoms with E-state index in [2.05, 4.69) is 26.0 Å². The van der Waals surface area contributed by atoms with Gasteiger partial charge in [-0.25, -0.2) is 4.57 Å². The Bertz CT molecular complexity index is 915. The van der Waals surface area contributed by atoms with Gasteiger partial charge in [-0.2, -0.15) is 0 Å². The zero-order valence-corrected chi connectivity index (χ0v) is 37.8. The largest absolute Gasteiger partial charge is 0.498 e. The highest BCUT2D eigenvalue weighted by Crippen LogP contribution is 2.43. The summed E-state index contributed by atoms with van der Waals surface area (Å²) in [6, 6.07) is 0. The molecule has 0 radical (unpaired) electrons. The number of hydrogen-bond donors (Lipinski definition) is 2. The van der Waals surface area contributed by atoms with Crippen LogP contribution in [-0.4, -0.2) is 43.3 Å². The molecular formula is C47H92NO7P. The zero-order chi connectivity index (χ0) is 40.9. The number of nitrogens with two attached hydrogens (primary N) is 1. The van der Waals surface area contributed by atoms with Crippen LogP contribution in [0.3, 0.4) is 0 Å².